The molecule has 0 radical (unpaired) electrons. The summed E-state index contributed by atoms with van der Waals surface area (Å²) in [4.78, 5) is 0. The minimum absolute atomic E-state index is 0.594. The molecule has 0 bridgehead atoms. The molecule has 0 unspecified atom stereocenters. The fourth-order valence-electron chi connectivity index (χ4n) is 1.84. The highest BCUT2D eigenvalue weighted by Crippen LogP contribution is 2.88. The first-order chi connectivity index (χ1) is 10.8. The maximum Gasteiger partial charge on any atom is 0.469 e. The van der Waals surface area contributed by atoms with Gasteiger partial charge in [-0.3, -0.25) is 0 Å². The molecule has 2 aromatic rings. The summed E-state index contributed by atoms with van der Waals surface area (Å²) in [5.41, 5.74) is 0. The number of rotatable bonds is 5. The summed E-state index contributed by atoms with van der Waals surface area (Å²) in [5, 5.41) is 0. The van der Waals surface area contributed by atoms with Gasteiger partial charge in [-0.1, -0.05) is 36.4 Å². The van der Waals surface area contributed by atoms with E-state index in [1.54, 1.807) is 22.8 Å². The van der Waals surface area contributed by atoms with Gasteiger partial charge < -0.3 is 9.05 Å². The van der Waals surface area contributed by atoms with Crippen LogP contribution in [0.3, 0.4) is 0 Å². The fourth-order valence-corrected chi connectivity index (χ4v) is 15.2. The van der Waals surface area contributed by atoms with Crippen molar-refractivity contribution in [1.29, 1.82) is 0 Å². The van der Waals surface area contributed by atoms with Crippen LogP contribution >= 0.6 is 36.1 Å². The van der Waals surface area contributed by atoms with Crippen molar-refractivity contribution in [2.45, 2.75) is 6.42 Å². The molecule has 0 aliphatic carbocycles. The molecule has 2 aromatic carbocycles. The molecule has 0 spiro atoms. The third kappa shape index (κ3) is 4.23. The SMILES string of the molecule is O=P(Oc1ccccc1)(Oc1ccccc1)P1SCCCS1. The van der Waals surface area contributed by atoms with Gasteiger partial charge in [0.1, 0.15) is 11.5 Å². The van der Waals surface area contributed by atoms with E-state index >= 15 is 0 Å². The highest BCUT2D eigenvalue weighted by Gasteiger charge is 2.42. The predicted octanol–water partition coefficient (Wildman–Crippen LogP) is 6.43. The Morgan fingerprint density at radius 2 is 1.27 bits per heavy atom. The molecule has 1 fully saturated rings. The monoisotopic (exact) mass is 370 g/mol. The largest absolute Gasteiger partial charge is 0.469 e. The average Bonchev–Trinajstić information content (AvgIpc) is 2.57. The van der Waals surface area contributed by atoms with Crippen molar-refractivity contribution in [2.24, 2.45) is 0 Å². The molecule has 116 valence electrons. The van der Waals surface area contributed by atoms with Gasteiger partial charge in [-0.25, -0.2) is 4.57 Å². The predicted molar refractivity (Wildman–Crippen MR) is 98.2 cm³/mol. The van der Waals surface area contributed by atoms with Crippen LogP contribution < -0.4 is 9.05 Å². The second-order valence-electron chi connectivity index (χ2n) is 4.54. The smallest absolute Gasteiger partial charge is 0.412 e. The Labute approximate surface area is 139 Å². The van der Waals surface area contributed by atoms with Gasteiger partial charge in [0.15, 0.2) is 6.01 Å². The highest BCUT2D eigenvalue weighted by atomic mass is 33.2. The van der Waals surface area contributed by atoms with Crippen molar-refractivity contribution >= 4 is 36.1 Å². The molecule has 0 atom stereocenters. The first kappa shape index (κ1) is 16.3. The maximum absolute atomic E-state index is 13.4. The maximum atomic E-state index is 13.4. The lowest BCUT2D eigenvalue weighted by molar-refractivity contribution is 0.407. The van der Waals surface area contributed by atoms with Crippen LogP contribution in [-0.4, -0.2) is 11.5 Å². The van der Waals surface area contributed by atoms with E-state index in [4.69, 9.17) is 9.05 Å². The van der Waals surface area contributed by atoms with Crippen LogP contribution in [0.2, 0.25) is 0 Å². The summed E-state index contributed by atoms with van der Waals surface area (Å²) in [6, 6.07) is 17.6. The van der Waals surface area contributed by atoms with Gasteiger partial charge in [0.05, 0.1) is 0 Å². The molecule has 1 aliphatic rings. The third-order valence-electron chi connectivity index (χ3n) is 2.82. The first-order valence-electron chi connectivity index (χ1n) is 6.92. The van der Waals surface area contributed by atoms with Gasteiger partial charge in [-0.05, 0) is 42.2 Å². The van der Waals surface area contributed by atoms with Gasteiger partial charge >= 0.3 is 7.28 Å². The van der Waals surface area contributed by atoms with Crippen LogP contribution in [0.15, 0.2) is 60.7 Å². The molecule has 0 N–H and O–H groups in total. The van der Waals surface area contributed by atoms with Crippen LogP contribution in [0.1, 0.15) is 6.42 Å². The van der Waals surface area contributed by atoms with Crippen LogP contribution in [0.5, 0.6) is 11.5 Å². The lowest BCUT2D eigenvalue weighted by Crippen LogP contribution is -2.00. The van der Waals surface area contributed by atoms with E-state index in [1.165, 1.54) is 0 Å². The van der Waals surface area contributed by atoms with E-state index in [-0.39, 0.29) is 0 Å². The summed E-state index contributed by atoms with van der Waals surface area (Å²) in [6.07, 6.45) is 1.14. The van der Waals surface area contributed by atoms with Crippen molar-refractivity contribution in [3.8, 4) is 11.5 Å². The molecule has 22 heavy (non-hydrogen) atoms. The Morgan fingerprint density at radius 1 is 0.818 bits per heavy atom. The van der Waals surface area contributed by atoms with Crippen LogP contribution in [-0.2, 0) is 4.57 Å². The minimum atomic E-state index is -3.25. The Kier molecular flexibility index (Phi) is 5.76. The summed E-state index contributed by atoms with van der Waals surface area (Å²) in [5.74, 6) is 3.21. The zero-order chi connectivity index (χ0) is 15.3. The Hall–Kier alpha value is -0.600. The second-order valence-corrected chi connectivity index (χ2v) is 16.4. The topological polar surface area (TPSA) is 35.5 Å². The summed E-state index contributed by atoms with van der Waals surface area (Å²) in [7, 11) is -3.25. The molecular weight excluding hydrogens is 354 g/mol. The van der Waals surface area contributed by atoms with Gasteiger partial charge in [0.25, 0.3) is 0 Å². The molecular formula is C15H16O3P2S2. The number of para-hydroxylation sites is 2. The number of hydrogen-bond acceptors (Lipinski definition) is 5. The molecule has 1 saturated heterocycles. The van der Waals surface area contributed by atoms with Crippen LogP contribution in [0.25, 0.3) is 0 Å². The second kappa shape index (κ2) is 7.79. The van der Waals surface area contributed by atoms with Gasteiger partial charge in [-0.2, -0.15) is 0 Å². The molecule has 0 saturated carbocycles. The molecule has 3 nitrogen and oxygen atoms in total. The van der Waals surface area contributed by atoms with E-state index in [0.717, 1.165) is 17.9 Å². The molecule has 1 heterocycles. The lowest BCUT2D eigenvalue weighted by atomic mass is 10.3. The zero-order valence-corrected chi connectivity index (χ0v) is 15.3. The van der Waals surface area contributed by atoms with Crippen LogP contribution in [0.4, 0.5) is 0 Å². The van der Waals surface area contributed by atoms with E-state index in [1.807, 2.05) is 60.7 Å². The molecule has 1 aliphatic heterocycles. The third-order valence-corrected chi connectivity index (χ3v) is 17.2. The molecule has 3 rings (SSSR count). The summed E-state index contributed by atoms with van der Waals surface area (Å²) >= 11 is 3.45. The van der Waals surface area contributed by atoms with Crippen molar-refractivity contribution < 1.29 is 13.6 Å². The van der Waals surface area contributed by atoms with E-state index in [2.05, 4.69) is 0 Å². The van der Waals surface area contributed by atoms with Crippen molar-refractivity contribution in [3.05, 3.63) is 60.7 Å². The van der Waals surface area contributed by atoms with Crippen molar-refractivity contribution in [1.82, 2.24) is 0 Å². The van der Waals surface area contributed by atoms with Crippen molar-refractivity contribution in [3.63, 3.8) is 0 Å². The van der Waals surface area contributed by atoms with E-state index in [9.17, 15) is 4.57 Å². The fraction of sp³-hybridized carbons (Fsp3) is 0.200. The molecule has 0 amide bonds. The lowest BCUT2D eigenvalue weighted by Gasteiger charge is -2.28. The number of benzene rings is 2. The van der Waals surface area contributed by atoms with Gasteiger partial charge in [0.2, 0.25) is 0 Å². The zero-order valence-electron chi connectivity index (χ0n) is 11.8. The van der Waals surface area contributed by atoms with Crippen molar-refractivity contribution in [2.75, 3.05) is 11.5 Å². The van der Waals surface area contributed by atoms with E-state index < -0.39 is 13.3 Å². The molecule has 0 aromatic heterocycles. The summed E-state index contributed by atoms with van der Waals surface area (Å²) in [6.45, 7) is 0. The Balaban J connectivity index is 1.85. The Bertz CT molecular complexity index is 588. The Morgan fingerprint density at radius 3 is 1.73 bits per heavy atom. The van der Waals surface area contributed by atoms with Gasteiger partial charge in [-0.15, -0.1) is 22.8 Å². The quantitative estimate of drug-likeness (QED) is 0.566. The minimum Gasteiger partial charge on any atom is -0.412 e. The standard InChI is InChI=1S/C15H16O3P2S2/c16-20(19-21-12-7-13-22-19,17-14-8-3-1-4-9-14)18-15-10-5-2-6-11-15/h1-6,8-11H,7,12-13H2. The average molecular weight is 370 g/mol. The number of hydrogen-bond donors (Lipinski definition) is 0. The van der Waals surface area contributed by atoms with E-state index in [0.29, 0.717) is 11.5 Å². The first-order valence-corrected chi connectivity index (χ1v) is 13.7. The van der Waals surface area contributed by atoms with Gasteiger partial charge in [0, 0.05) is 0 Å². The summed E-state index contributed by atoms with van der Waals surface area (Å²) < 4.78 is 25.2. The molecule has 7 heteroatoms. The van der Waals surface area contributed by atoms with Crippen LogP contribution in [0, 0.1) is 0 Å². The highest BCUT2D eigenvalue weighted by molar-refractivity contribution is 9.04. The normalized spacial score (nSPS) is 16.2.